The second-order valence-electron chi connectivity index (χ2n) is 2.54. The third-order valence-electron chi connectivity index (χ3n) is 1.64. The van der Waals surface area contributed by atoms with Gasteiger partial charge in [-0.25, -0.2) is 4.79 Å². The lowest BCUT2D eigenvalue weighted by Crippen LogP contribution is -2.28. The van der Waals surface area contributed by atoms with Gasteiger partial charge in [-0.05, 0) is 0 Å². The molecule has 1 aromatic rings. The smallest absolute Gasteiger partial charge is 0.360 e. The van der Waals surface area contributed by atoms with Crippen LogP contribution in [0.2, 0.25) is 0 Å². The summed E-state index contributed by atoms with van der Waals surface area (Å²) in [5.74, 6) is -1.28. The zero-order chi connectivity index (χ0) is 12.8. The first-order chi connectivity index (χ1) is 8.15. The molecule has 0 aliphatic rings. The van der Waals surface area contributed by atoms with Crippen LogP contribution < -0.4 is 9.64 Å². The van der Waals surface area contributed by atoms with E-state index in [1.165, 1.54) is 19.6 Å². The van der Waals surface area contributed by atoms with Crippen LogP contribution in [0.15, 0.2) is 15.5 Å². The summed E-state index contributed by atoms with van der Waals surface area (Å²) in [4.78, 5) is 34.3. The van der Waals surface area contributed by atoms with Crippen LogP contribution in [0.3, 0.4) is 0 Å². The molecule has 17 heavy (non-hydrogen) atoms. The Bertz CT molecular complexity index is 515. The fourth-order valence-electron chi connectivity index (χ4n) is 1.05. The highest BCUT2D eigenvalue weighted by Crippen LogP contribution is 2.03. The molecule has 0 spiro atoms. The van der Waals surface area contributed by atoms with E-state index in [4.69, 9.17) is 9.94 Å². The molecule has 0 saturated carbocycles. The van der Waals surface area contributed by atoms with Crippen molar-refractivity contribution in [2.45, 2.75) is 0 Å². The van der Waals surface area contributed by atoms with Gasteiger partial charge < -0.3 is 14.8 Å². The Labute approximate surface area is 99.4 Å². The molecule has 92 valence electrons. The van der Waals surface area contributed by atoms with E-state index in [0.29, 0.717) is 6.41 Å². The SMILES string of the molecule is CON=C(C(=O)O)c1csc(=NC=O)n1OC. The lowest BCUT2D eigenvalue weighted by Gasteiger charge is -2.04. The number of hydrogen-bond acceptors (Lipinski definition) is 6. The Morgan fingerprint density at radius 2 is 2.29 bits per heavy atom. The molecule has 1 amide bonds. The third-order valence-corrected chi connectivity index (χ3v) is 2.47. The van der Waals surface area contributed by atoms with Crippen molar-refractivity contribution < 1.29 is 24.4 Å². The maximum Gasteiger partial charge on any atom is 0.360 e. The Balaban J connectivity index is 3.40. The Morgan fingerprint density at radius 1 is 1.59 bits per heavy atom. The molecule has 0 fully saturated rings. The molecule has 0 aliphatic heterocycles. The average molecular weight is 259 g/mol. The Hall–Kier alpha value is -2.16. The number of thiazole rings is 1. The molecule has 0 bridgehead atoms. The molecular weight excluding hydrogens is 250 g/mol. The van der Waals surface area contributed by atoms with Gasteiger partial charge in [0.25, 0.3) is 0 Å². The molecule has 1 rings (SSSR count). The highest BCUT2D eigenvalue weighted by molar-refractivity contribution is 7.07. The van der Waals surface area contributed by atoms with Crippen LogP contribution in [-0.2, 0) is 14.4 Å². The number of aliphatic carboxylic acids is 1. The number of aromatic nitrogens is 1. The summed E-state index contributed by atoms with van der Waals surface area (Å²) in [6.45, 7) is 0. The third kappa shape index (κ3) is 2.69. The van der Waals surface area contributed by atoms with Gasteiger partial charge in [0, 0.05) is 5.38 Å². The highest BCUT2D eigenvalue weighted by Gasteiger charge is 2.20. The van der Waals surface area contributed by atoms with Crippen molar-refractivity contribution in [1.82, 2.24) is 4.73 Å². The van der Waals surface area contributed by atoms with Gasteiger partial charge in [0.15, 0.2) is 0 Å². The Morgan fingerprint density at radius 3 is 2.76 bits per heavy atom. The van der Waals surface area contributed by atoms with E-state index in [-0.39, 0.29) is 16.2 Å². The van der Waals surface area contributed by atoms with Crippen molar-refractivity contribution in [2.24, 2.45) is 10.1 Å². The maximum atomic E-state index is 10.9. The zero-order valence-corrected chi connectivity index (χ0v) is 9.80. The van der Waals surface area contributed by atoms with Gasteiger partial charge in [0.1, 0.15) is 19.9 Å². The van der Waals surface area contributed by atoms with Crippen molar-refractivity contribution in [3.8, 4) is 0 Å². The van der Waals surface area contributed by atoms with Crippen LogP contribution in [0.1, 0.15) is 5.69 Å². The topological polar surface area (TPSA) is 102 Å². The number of carboxylic acid groups (broad SMARTS) is 1. The molecule has 0 radical (unpaired) electrons. The summed E-state index contributed by atoms with van der Waals surface area (Å²) in [7, 11) is 2.54. The van der Waals surface area contributed by atoms with Crippen LogP contribution in [0.4, 0.5) is 0 Å². The summed E-state index contributed by atoms with van der Waals surface area (Å²) in [6.07, 6.45) is 0.332. The summed E-state index contributed by atoms with van der Waals surface area (Å²) < 4.78 is 1.07. The maximum absolute atomic E-state index is 10.9. The average Bonchev–Trinajstić information content (AvgIpc) is 2.68. The van der Waals surface area contributed by atoms with Gasteiger partial charge in [-0.15, -0.1) is 11.3 Å². The fraction of sp³-hybridized carbons (Fsp3) is 0.250. The second kappa shape index (κ2) is 5.80. The van der Waals surface area contributed by atoms with Crippen LogP contribution in [0.5, 0.6) is 0 Å². The van der Waals surface area contributed by atoms with Crippen LogP contribution in [0, 0.1) is 0 Å². The normalized spacial score (nSPS) is 12.4. The van der Waals surface area contributed by atoms with E-state index in [9.17, 15) is 9.59 Å². The molecule has 0 unspecified atom stereocenters. The monoisotopic (exact) mass is 259 g/mol. The summed E-state index contributed by atoms with van der Waals surface area (Å²) in [5.41, 5.74) is -0.217. The zero-order valence-electron chi connectivity index (χ0n) is 8.98. The number of oxime groups is 1. The molecule has 1 N–H and O–H groups in total. The Kier molecular flexibility index (Phi) is 4.40. The molecule has 0 saturated heterocycles. The number of nitrogens with zero attached hydrogens (tertiary/aromatic N) is 3. The van der Waals surface area contributed by atoms with E-state index in [2.05, 4.69) is 15.0 Å². The van der Waals surface area contributed by atoms with E-state index < -0.39 is 5.97 Å². The van der Waals surface area contributed by atoms with E-state index in [1.54, 1.807) is 0 Å². The molecule has 1 heterocycles. The summed E-state index contributed by atoms with van der Waals surface area (Å²) in [6, 6.07) is 0. The predicted molar refractivity (Wildman–Crippen MR) is 57.6 cm³/mol. The first-order valence-corrected chi connectivity index (χ1v) is 5.11. The van der Waals surface area contributed by atoms with Gasteiger partial charge in [0.2, 0.25) is 16.9 Å². The predicted octanol–water partition coefficient (Wildman–Crippen LogP) is -0.900. The van der Waals surface area contributed by atoms with Gasteiger partial charge in [0.05, 0.1) is 0 Å². The lowest BCUT2D eigenvalue weighted by atomic mass is 10.3. The first kappa shape index (κ1) is 12.9. The number of rotatable bonds is 5. The van der Waals surface area contributed by atoms with Crippen LogP contribution >= 0.6 is 11.3 Å². The number of carbonyl (C=O) groups is 2. The van der Waals surface area contributed by atoms with Crippen LogP contribution in [0.25, 0.3) is 0 Å². The largest absolute Gasteiger partial charge is 0.476 e. The minimum absolute atomic E-state index is 0.132. The van der Waals surface area contributed by atoms with Crippen molar-refractivity contribution in [1.29, 1.82) is 0 Å². The molecular formula is C8H9N3O5S. The van der Waals surface area contributed by atoms with Crippen molar-refractivity contribution in [3.63, 3.8) is 0 Å². The van der Waals surface area contributed by atoms with Crippen molar-refractivity contribution in [2.75, 3.05) is 14.2 Å². The molecule has 0 atom stereocenters. The number of carboxylic acids is 1. The number of hydrogen-bond donors (Lipinski definition) is 1. The van der Waals surface area contributed by atoms with Crippen molar-refractivity contribution >= 4 is 29.4 Å². The van der Waals surface area contributed by atoms with Crippen LogP contribution in [-0.4, -0.2) is 42.1 Å². The second-order valence-corrected chi connectivity index (χ2v) is 3.38. The number of carbonyl (C=O) groups excluding carboxylic acids is 1. The molecule has 0 aliphatic carbocycles. The minimum atomic E-state index is -1.28. The summed E-state index contributed by atoms with van der Waals surface area (Å²) in [5, 5.41) is 13.8. The quantitative estimate of drug-likeness (QED) is 0.419. The van der Waals surface area contributed by atoms with Crippen molar-refractivity contribution in [3.05, 3.63) is 15.9 Å². The van der Waals surface area contributed by atoms with Gasteiger partial charge in [-0.1, -0.05) is 5.16 Å². The minimum Gasteiger partial charge on any atom is -0.476 e. The molecule has 8 nitrogen and oxygen atoms in total. The molecule has 0 aromatic carbocycles. The van der Waals surface area contributed by atoms with E-state index in [0.717, 1.165) is 16.1 Å². The van der Waals surface area contributed by atoms with E-state index >= 15 is 0 Å². The summed E-state index contributed by atoms with van der Waals surface area (Å²) >= 11 is 1.04. The highest BCUT2D eigenvalue weighted by atomic mass is 32.1. The van der Waals surface area contributed by atoms with Gasteiger partial charge >= 0.3 is 5.97 Å². The van der Waals surface area contributed by atoms with Gasteiger partial charge in [-0.3, -0.25) is 4.79 Å². The number of amides is 1. The van der Waals surface area contributed by atoms with Gasteiger partial charge in [-0.2, -0.15) is 9.72 Å². The molecule has 9 heteroatoms. The van der Waals surface area contributed by atoms with E-state index in [1.807, 2.05) is 0 Å². The fourth-order valence-corrected chi connectivity index (χ4v) is 1.85. The standard InChI is InChI=1S/C8H9N3O5S/c1-15-10-6(7(13)14)5-3-17-8(9-4-12)11(5)16-2/h3-4H,1-2H3,(H,13,14). The first-order valence-electron chi connectivity index (χ1n) is 4.23. The lowest BCUT2D eigenvalue weighted by molar-refractivity contribution is -0.129. The molecule has 1 aromatic heterocycles.